The molecule has 3 aromatic rings. The van der Waals surface area contributed by atoms with Crippen LogP contribution in [0.5, 0.6) is 0 Å². The second-order valence-electron chi connectivity index (χ2n) is 7.65. The van der Waals surface area contributed by atoms with Crippen LogP contribution in [0, 0.1) is 11.7 Å². The summed E-state index contributed by atoms with van der Waals surface area (Å²) in [4.78, 5) is 62.2. The average Bonchev–Trinajstić information content (AvgIpc) is 2.87. The zero-order chi connectivity index (χ0) is 26.5. The van der Waals surface area contributed by atoms with Crippen molar-refractivity contribution in [2.75, 3.05) is 10.2 Å². The van der Waals surface area contributed by atoms with E-state index in [1.165, 1.54) is 42.5 Å². The largest absolute Gasteiger partial charge is 0.335 e. The van der Waals surface area contributed by atoms with Crippen molar-refractivity contribution in [3.05, 3.63) is 94.8 Å². The molecule has 186 valence electrons. The number of rotatable bonds is 6. The Bertz CT molecular complexity index is 1430. The van der Waals surface area contributed by atoms with Crippen molar-refractivity contribution >= 4 is 58.9 Å². The molecule has 1 atom stereocenters. The molecule has 10 nitrogen and oxygen atoms in total. The molecule has 0 bridgehead atoms. The number of imide groups is 2. The third-order valence-corrected chi connectivity index (χ3v) is 5.45. The van der Waals surface area contributed by atoms with Gasteiger partial charge in [0, 0.05) is 28.1 Å². The van der Waals surface area contributed by atoms with Crippen molar-refractivity contribution in [3.8, 4) is 0 Å². The lowest BCUT2D eigenvalue weighted by atomic mass is 10.1. The molecule has 0 aromatic heterocycles. The molecule has 3 N–H and O–H groups in total. The van der Waals surface area contributed by atoms with E-state index in [9.17, 15) is 28.4 Å². The van der Waals surface area contributed by atoms with Gasteiger partial charge in [-0.2, -0.15) is 5.10 Å². The molecule has 1 saturated heterocycles. The number of nitrogens with one attached hydrogen (secondary N) is 3. The van der Waals surface area contributed by atoms with Gasteiger partial charge in [0.1, 0.15) is 5.82 Å². The molecule has 0 unspecified atom stereocenters. The van der Waals surface area contributed by atoms with Gasteiger partial charge in [-0.25, -0.2) is 19.5 Å². The van der Waals surface area contributed by atoms with Gasteiger partial charge in [-0.1, -0.05) is 23.7 Å². The number of hydrogen-bond donors (Lipinski definition) is 3. The molecule has 37 heavy (non-hydrogen) atoms. The summed E-state index contributed by atoms with van der Waals surface area (Å²) in [6, 6.07) is 16.2. The van der Waals surface area contributed by atoms with E-state index in [1.807, 2.05) is 5.32 Å². The monoisotopic (exact) mass is 521 g/mol. The third-order valence-electron chi connectivity index (χ3n) is 5.20. The second kappa shape index (κ2) is 10.8. The number of nitrogens with zero attached hydrogens (tertiary/aromatic N) is 2. The molecule has 1 aliphatic heterocycles. The lowest BCUT2D eigenvalue weighted by Crippen LogP contribution is -2.59. The van der Waals surface area contributed by atoms with Crippen molar-refractivity contribution in [2.45, 2.75) is 0 Å². The van der Waals surface area contributed by atoms with Crippen molar-refractivity contribution in [1.82, 2.24) is 10.7 Å². The van der Waals surface area contributed by atoms with E-state index in [0.717, 1.165) is 12.3 Å². The summed E-state index contributed by atoms with van der Waals surface area (Å²) in [5.41, 5.74) is 2.85. The Balaban J connectivity index is 1.38. The van der Waals surface area contributed by atoms with Gasteiger partial charge in [-0.15, -0.1) is 0 Å². The van der Waals surface area contributed by atoms with Gasteiger partial charge in [0.25, 0.3) is 17.7 Å². The quantitative estimate of drug-likeness (QED) is 0.259. The molecular weight excluding hydrogens is 505 g/mol. The summed E-state index contributed by atoms with van der Waals surface area (Å²) in [7, 11) is 0. The molecule has 1 aliphatic rings. The van der Waals surface area contributed by atoms with Crippen LogP contribution < -0.4 is 21.0 Å². The van der Waals surface area contributed by atoms with Gasteiger partial charge in [0.2, 0.25) is 5.91 Å². The smallest absolute Gasteiger partial charge is 0.322 e. The minimum Gasteiger partial charge on any atom is -0.322 e. The van der Waals surface area contributed by atoms with Crippen LogP contribution in [0.1, 0.15) is 20.7 Å². The standard InChI is InChI=1S/C25H17ClFN5O5/c26-16-9-5-14(6-10-16)21(33)29-17-11-7-15(8-12-17)22(34)31-28-13-18-23(35)30-25(37)32(24(18)36)20-4-2-1-3-19(20)27/h1-13,18H,(H,29,33)(H,31,34)(H,30,35,37)/b28-13-/t18-/m1/s1. The highest BCUT2D eigenvalue weighted by atomic mass is 35.5. The van der Waals surface area contributed by atoms with E-state index in [1.54, 1.807) is 24.3 Å². The van der Waals surface area contributed by atoms with Crippen LogP contribution in [0.4, 0.5) is 20.6 Å². The van der Waals surface area contributed by atoms with Crippen LogP contribution in [0.3, 0.4) is 0 Å². The number of carbonyl (C=O) groups is 5. The maximum absolute atomic E-state index is 14.1. The Kier molecular flexibility index (Phi) is 7.35. The zero-order valence-electron chi connectivity index (χ0n) is 18.8. The fraction of sp³-hybridized carbons (Fsp3) is 0.0400. The second-order valence-corrected chi connectivity index (χ2v) is 8.09. The van der Waals surface area contributed by atoms with Gasteiger partial charge in [0.05, 0.1) is 5.69 Å². The predicted octanol–water partition coefficient (Wildman–Crippen LogP) is 3.35. The first-order valence-corrected chi connectivity index (χ1v) is 11.1. The molecule has 1 heterocycles. The molecular formula is C25H17ClFN5O5. The highest BCUT2D eigenvalue weighted by Gasteiger charge is 2.41. The van der Waals surface area contributed by atoms with E-state index in [2.05, 4.69) is 15.8 Å². The average molecular weight is 522 g/mol. The molecule has 1 fully saturated rings. The van der Waals surface area contributed by atoms with Gasteiger partial charge in [-0.3, -0.25) is 24.5 Å². The normalized spacial score (nSPS) is 15.5. The number of halogens is 2. The number of barbiturate groups is 1. The molecule has 4 rings (SSSR count). The number of hydrazone groups is 1. The first kappa shape index (κ1) is 25.2. The SMILES string of the molecule is O=C(N/N=C\[C@@H]1C(=O)NC(=O)N(c2ccccc2F)C1=O)c1ccc(NC(=O)c2ccc(Cl)cc2)cc1. The summed E-state index contributed by atoms with van der Waals surface area (Å²) in [6.07, 6.45) is 0.844. The van der Waals surface area contributed by atoms with Gasteiger partial charge >= 0.3 is 6.03 Å². The van der Waals surface area contributed by atoms with Gasteiger partial charge in [-0.05, 0) is 60.7 Å². The number of carbonyl (C=O) groups excluding carboxylic acids is 5. The van der Waals surface area contributed by atoms with E-state index >= 15 is 0 Å². The minimum absolute atomic E-state index is 0.171. The molecule has 0 radical (unpaired) electrons. The van der Waals surface area contributed by atoms with E-state index in [4.69, 9.17) is 11.6 Å². The van der Waals surface area contributed by atoms with E-state index in [-0.39, 0.29) is 17.2 Å². The molecule has 6 amide bonds. The Morgan fingerprint density at radius 2 is 1.54 bits per heavy atom. The zero-order valence-corrected chi connectivity index (χ0v) is 19.5. The van der Waals surface area contributed by atoms with Crippen LogP contribution in [-0.4, -0.2) is 35.9 Å². The summed E-state index contributed by atoms with van der Waals surface area (Å²) in [5, 5.41) is 8.78. The van der Waals surface area contributed by atoms with E-state index in [0.29, 0.717) is 21.2 Å². The summed E-state index contributed by atoms with van der Waals surface area (Å²) >= 11 is 5.82. The number of benzene rings is 3. The molecule has 0 spiro atoms. The summed E-state index contributed by atoms with van der Waals surface area (Å²) < 4.78 is 14.1. The first-order valence-electron chi connectivity index (χ1n) is 10.7. The number of amides is 6. The van der Waals surface area contributed by atoms with Crippen LogP contribution in [0.15, 0.2) is 77.9 Å². The molecule has 0 saturated carbocycles. The molecule has 0 aliphatic carbocycles. The van der Waals surface area contributed by atoms with Gasteiger partial charge < -0.3 is 5.32 Å². The van der Waals surface area contributed by atoms with E-state index < -0.39 is 35.5 Å². The van der Waals surface area contributed by atoms with Crippen LogP contribution in [0.25, 0.3) is 0 Å². The molecule has 3 aromatic carbocycles. The minimum atomic E-state index is -1.58. The predicted molar refractivity (Wildman–Crippen MR) is 133 cm³/mol. The third kappa shape index (κ3) is 5.68. The maximum Gasteiger partial charge on any atom is 0.335 e. The topological polar surface area (TPSA) is 137 Å². The summed E-state index contributed by atoms with van der Waals surface area (Å²) in [6.45, 7) is 0. The maximum atomic E-state index is 14.1. The summed E-state index contributed by atoms with van der Waals surface area (Å²) in [5.74, 6) is -5.45. The highest BCUT2D eigenvalue weighted by Crippen LogP contribution is 2.23. The Morgan fingerprint density at radius 3 is 2.22 bits per heavy atom. The lowest BCUT2D eigenvalue weighted by molar-refractivity contribution is -0.131. The van der Waals surface area contributed by atoms with Crippen LogP contribution in [0.2, 0.25) is 5.02 Å². The Hall–Kier alpha value is -4.90. The number of hydrogen-bond acceptors (Lipinski definition) is 6. The number of urea groups is 1. The highest BCUT2D eigenvalue weighted by molar-refractivity contribution is 6.32. The van der Waals surface area contributed by atoms with Crippen molar-refractivity contribution in [1.29, 1.82) is 0 Å². The Labute approximate surface area is 214 Å². The van der Waals surface area contributed by atoms with Crippen LogP contribution in [-0.2, 0) is 9.59 Å². The van der Waals surface area contributed by atoms with Crippen LogP contribution >= 0.6 is 11.6 Å². The van der Waals surface area contributed by atoms with Crippen molar-refractivity contribution < 1.29 is 28.4 Å². The van der Waals surface area contributed by atoms with Crippen molar-refractivity contribution in [2.24, 2.45) is 11.0 Å². The fourth-order valence-corrected chi connectivity index (χ4v) is 3.45. The Morgan fingerprint density at radius 1 is 0.919 bits per heavy atom. The number of para-hydroxylation sites is 1. The molecule has 12 heteroatoms. The number of anilines is 2. The fourth-order valence-electron chi connectivity index (χ4n) is 3.33. The van der Waals surface area contributed by atoms with Gasteiger partial charge in [0.15, 0.2) is 5.92 Å². The lowest BCUT2D eigenvalue weighted by Gasteiger charge is -2.28. The van der Waals surface area contributed by atoms with Crippen molar-refractivity contribution in [3.63, 3.8) is 0 Å². The first-order chi connectivity index (χ1) is 17.7.